The van der Waals surface area contributed by atoms with Crippen LogP contribution in [0.4, 0.5) is 0 Å². The van der Waals surface area contributed by atoms with Gasteiger partial charge in [0.05, 0.1) is 6.16 Å². The fourth-order valence-corrected chi connectivity index (χ4v) is 5.40. The monoisotopic (exact) mass is 339 g/mol. The number of benzene rings is 1. The number of carboxylic acid groups (broad SMARTS) is 1. The first kappa shape index (κ1) is 19.5. The zero-order valence-corrected chi connectivity index (χ0v) is 15.1. The average Bonchev–Trinajstić information content (AvgIpc) is 2.44. The van der Waals surface area contributed by atoms with E-state index in [9.17, 15) is 14.5 Å². The molecule has 128 valence electrons. The van der Waals surface area contributed by atoms with Crippen LogP contribution in [-0.4, -0.2) is 33.5 Å². The minimum Gasteiger partial charge on any atom is -0.480 e. The molecule has 0 aromatic heterocycles. The molecule has 6 heteroatoms. The number of rotatable bonds is 8. The summed E-state index contributed by atoms with van der Waals surface area (Å²) >= 11 is 0. The SMILES string of the molecule is C=CCCP(=O)(Oc1ccccc1)N([C@@H](C)C(=O)O)C(C)(C)C. The highest BCUT2D eigenvalue weighted by atomic mass is 31.2. The van der Waals surface area contributed by atoms with Gasteiger partial charge in [-0.25, -0.2) is 4.67 Å². The summed E-state index contributed by atoms with van der Waals surface area (Å²) in [6, 6.07) is 7.90. The van der Waals surface area contributed by atoms with Gasteiger partial charge < -0.3 is 9.63 Å². The molecule has 1 rings (SSSR count). The van der Waals surface area contributed by atoms with Gasteiger partial charge in [0.1, 0.15) is 11.8 Å². The molecule has 0 aliphatic heterocycles. The molecule has 0 amide bonds. The molecule has 0 heterocycles. The molecule has 0 saturated heterocycles. The molecule has 0 bridgehead atoms. The lowest BCUT2D eigenvalue weighted by molar-refractivity contribution is -0.142. The quantitative estimate of drug-likeness (QED) is 0.561. The smallest absolute Gasteiger partial charge is 0.321 e. The van der Waals surface area contributed by atoms with Crippen molar-refractivity contribution in [2.24, 2.45) is 0 Å². The van der Waals surface area contributed by atoms with Crippen molar-refractivity contribution in [1.82, 2.24) is 4.67 Å². The Labute approximate surface area is 138 Å². The third-order valence-electron chi connectivity index (χ3n) is 3.35. The number of para-hydroxylation sites is 1. The zero-order chi connectivity index (χ0) is 17.7. The topological polar surface area (TPSA) is 66.8 Å². The van der Waals surface area contributed by atoms with Crippen LogP contribution in [0.1, 0.15) is 34.1 Å². The van der Waals surface area contributed by atoms with Gasteiger partial charge in [0.2, 0.25) is 0 Å². The second-order valence-electron chi connectivity index (χ2n) is 6.37. The molecule has 1 aromatic rings. The molecule has 1 aromatic carbocycles. The standard InChI is InChI=1S/C17H26NO4P/c1-6-7-13-23(21,22-15-11-9-8-10-12-15)18(17(3,4)5)14(2)16(19)20/h6,8-12,14H,1,7,13H2,2-5H3,(H,19,20)/t14-,23?/m0/s1. The van der Waals surface area contributed by atoms with E-state index in [1.54, 1.807) is 30.3 Å². The molecule has 0 fully saturated rings. The van der Waals surface area contributed by atoms with Gasteiger partial charge in [-0.15, -0.1) is 6.58 Å². The fourth-order valence-electron chi connectivity index (χ4n) is 2.50. The van der Waals surface area contributed by atoms with Crippen molar-refractivity contribution >= 4 is 13.5 Å². The first-order valence-electron chi connectivity index (χ1n) is 7.59. The Hall–Kier alpha value is -1.58. The predicted molar refractivity (Wildman–Crippen MR) is 93.0 cm³/mol. The lowest BCUT2D eigenvalue weighted by Gasteiger charge is -2.42. The summed E-state index contributed by atoms with van der Waals surface area (Å²) in [4.78, 5) is 11.5. The van der Waals surface area contributed by atoms with Gasteiger partial charge in [0.25, 0.3) is 0 Å². The van der Waals surface area contributed by atoms with E-state index in [0.29, 0.717) is 12.2 Å². The maximum Gasteiger partial charge on any atom is 0.321 e. The number of carbonyl (C=O) groups is 1. The van der Waals surface area contributed by atoms with Crippen molar-refractivity contribution in [3.63, 3.8) is 0 Å². The van der Waals surface area contributed by atoms with Gasteiger partial charge in [-0.05, 0) is 46.2 Å². The summed E-state index contributed by atoms with van der Waals surface area (Å²) < 4.78 is 20.9. The van der Waals surface area contributed by atoms with Crippen molar-refractivity contribution in [3.8, 4) is 5.75 Å². The fraction of sp³-hybridized carbons (Fsp3) is 0.471. The summed E-state index contributed by atoms with van der Waals surface area (Å²) in [7, 11) is -3.42. The van der Waals surface area contributed by atoms with Crippen molar-refractivity contribution in [2.75, 3.05) is 6.16 Å². The third-order valence-corrected chi connectivity index (χ3v) is 6.27. The maximum atomic E-state index is 13.6. The van der Waals surface area contributed by atoms with E-state index in [1.807, 2.05) is 26.8 Å². The lowest BCUT2D eigenvalue weighted by Crippen LogP contribution is -2.49. The summed E-state index contributed by atoms with van der Waals surface area (Å²) in [6.07, 6.45) is 2.34. The highest BCUT2D eigenvalue weighted by Gasteiger charge is 2.45. The van der Waals surface area contributed by atoms with Gasteiger partial charge in [-0.2, -0.15) is 0 Å². The Morgan fingerprint density at radius 2 is 1.96 bits per heavy atom. The lowest BCUT2D eigenvalue weighted by atomic mass is 10.1. The predicted octanol–water partition coefficient (Wildman–Crippen LogP) is 4.41. The molecule has 1 N–H and O–H groups in total. The van der Waals surface area contributed by atoms with Crippen molar-refractivity contribution < 1.29 is 19.0 Å². The van der Waals surface area contributed by atoms with Gasteiger partial charge >= 0.3 is 13.5 Å². The maximum absolute atomic E-state index is 13.6. The number of hydrogen-bond acceptors (Lipinski definition) is 3. The third kappa shape index (κ3) is 5.22. The molecular weight excluding hydrogens is 313 g/mol. The summed E-state index contributed by atoms with van der Waals surface area (Å²) in [5.74, 6) is -0.567. The molecule has 0 aliphatic rings. The van der Waals surface area contributed by atoms with Gasteiger partial charge in [0.15, 0.2) is 0 Å². The Kier molecular flexibility index (Phi) is 6.60. The minimum atomic E-state index is -3.42. The van der Waals surface area contributed by atoms with E-state index in [4.69, 9.17) is 4.52 Å². The number of allylic oxidation sites excluding steroid dienone is 1. The molecule has 0 radical (unpaired) electrons. The summed E-state index contributed by atoms with van der Waals surface area (Å²) in [5.41, 5.74) is -0.636. The molecule has 5 nitrogen and oxygen atoms in total. The average molecular weight is 339 g/mol. The van der Waals surface area contributed by atoms with Crippen LogP contribution in [0, 0.1) is 0 Å². The minimum absolute atomic E-state index is 0.209. The van der Waals surface area contributed by atoms with Crippen LogP contribution in [-0.2, 0) is 9.36 Å². The molecule has 0 aliphatic carbocycles. The van der Waals surface area contributed by atoms with Crippen LogP contribution in [0.25, 0.3) is 0 Å². The van der Waals surface area contributed by atoms with Gasteiger partial charge in [-0.3, -0.25) is 9.36 Å². The highest BCUT2D eigenvalue weighted by molar-refractivity contribution is 7.57. The Balaban J connectivity index is 3.31. The van der Waals surface area contributed by atoms with E-state index in [-0.39, 0.29) is 6.16 Å². The number of aliphatic carboxylic acids is 1. The molecule has 2 atom stereocenters. The van der Waals surface area contributed by atoms with Gasteiger partial charge in [-0.1, -0.05) is 24.3 Å². The zero-order valence-electron chi connectivity index (χ0n) is 14.2. The normalized spacial score (nSPS) is 15.7. The highest BCUT2D eigenvalue weighted by Crippen LogP contribution is 2.55. The van der Waals surface area contributed by atoms with Gasteiger partial charge in [0, 0.05) is 5.54 Å². The number of hydrogen-bond donors (Lipinski definition) is 1. The van der Waals surface area contributed by atoms with Crippen LogP contribution < -0.4 is 4.52 Å². The van der Waals surface area contributed by atoms with Crippen molar-refractivity contribution in [1.29, 1.82) is 0 Å². The number of carboxylic acids is 1. The van der Waals surface area contributed by atoms with Crippen molar-refractivity contribution in [2.45, 2.75) is 45.7 Å². The van der Waals surface area contributed by atoms with E-state index in [2.05, 4.69) is 6.58 Å². The van der Waals surface area contributed by atoms with E-state index in [0.717, 1.165) is 0 Å². The summed E-state index contributed by atoms with van der Waals surface area (Å²) in [6.45, 7) is 10.7. The Bertz CT molecular complexity index is 580. The molecule has 1 unspecified atom stereocenters. The van der Waals surface area contributed by atoms with E-state index in [1.165, 1.54) is 11.6 Å². The Morgan fingerprint density at radius 1 is 1.39 bits per heavy atom. The van der Waals surface area contributed by atoms with Crippen LogP contribution >= 0.6 is 7.52 Å². The molecular formula is C17H26NO4P. The van der Waals surface area contributed by atoms with Crippen LogP contribution in [0.15, 0.2) is 43.0 Å². The van der Waals surface area contributed by atoms with E-state index >= 15 is 0 Å². The first-order chi connectivity index (χ1) is 10.6. The first-order valence-corrected chi connectivity index (χ1v) is 9.35. The van der Waals surface area contributed by atoms with E-state index < -0.39 is 25.1 Å². The van der Waals surface area contributed by atoms with Crippen LogP contribution in [0.3, 0.4) is 0 Å². The van der Waals surface area contributed by atoms with Crippen molar-refractivity contribution in [3.05, 3.63) is 43.0 Å². The molecule has 23 heavy (non-hydrogen) atoms. The van der Waals surface area contributed by atoms with Crippen LogP contribution in [0.5, 0.6) is 5.75 Å². The second-order valence-corrected chi connectivity index (χ2v) is 8.71. The second kappa shape index (κ2) is 7.80. The Morgan fingerprint density at radius 3 is 2.39 bits per heavy atom. The summed E-state index contributed by atoms with van der Waals surface area (Å²) in [5, 5.41) is 9.43. The molecule has 0 spiro atoms. The molecule has 0 saturated carbocycles. The number of nitrogens with zero attached hydrogens (tertiary/aromatic N) is 1. The largest absolute Gasteiger partial charge is 0.480 e. The van der Waals surface area contributed by atoms with Crippen LogP contribution in [0.2, 0.25) is 0 Å².